The standard InChI is InChI=1S/C19H15BrClN3O2/c1-12-5-6-13-8-14(19(21)23-17(13)7-12)10-22-24-18(25)11-26-16-4-2-3-15(20)9-16/h2-10H,11H2,1H3,(H,24,25)/b22-10+. The lowest BCUT2D eigenvalue weighted by Gasteiger charge is -2.05. The smallest absolute Gasteiger partial charge is 0.277 e. The highest BCUT2D eigenvalue weighted by molar-refractivity contribution is 9.10. The van der Waals surface area contributed by atoms with Crippen LogP contribution in [0.5, 0.6) is 5.75 Å². The third-order valence-corrected chi connectivity index (χ3v) is 4.31. The molecule has 0 aliphatic heterocycles. The van der Waals surface area contributed by atoms with Crippen molar-refractivity contribution >= 4 is 50.6 Å². The Bertz CT molecular complexity index is 992. The Balaban J connectivity index is 1.61. The van der Waals surface area contributed by atoms with Crippen LogP contribution in [0.4, 0.5) is 0 Å². The Morgan fingerprint density at radius 2 is 2.15 bits per heavy atom. The van der Waals surface area contributed by atoms with Crippen LogP contribution in [0.15, 0.2) is 58.1 Å². The quantitative estimate of drug-likeness (QED) is 0.367. The maximum absolute atomic E-state index is 11.8. The lowest BCUT2D eigenvalue weighted by Crippen LogP contribution is -2.24. The van der Waals surface area contributed by atoms with Crippen LogP contribution in [0.2, 0.25) is 5.15 Å². The highest BCUT2D eigenvalue weighted by Crippen LogP contribution is 2.20. The van der Waals surface area contributed by atoms with Gasteiger partial charge in [0.05, 0.1) is 11.7 Å². The van der Waals surface area contributed by atoms with Crippen molar-refractivity contribution in [1.29, 1.82) is 0 Å². The number of aryl methyl sites for hydroxylation is 1. The van der Waals surface area contributed by atoms with Gasteiger partial charge in [0.2, 0.25) is 0 Å². The number of carbonyl (C=O) groups is 1. The molecular formula is C19H15BrClN3O2. The molecule has 0 saturated heterocycles. The second kappa shape index (κ2) is 8.29. The first-order chi connectivity index (χ1) is 12.5. The van der Waals surface area contributed by atoms with Gasteiger partial charge in [0.15, 0.2) is 6.61 Å². The third-order valence-electron chi connectivity index (χ3n) is 3.51. The van der Waals surface area contributed by atoms with Gasteiger partial charge in [-0.15, -0.1) is 0 Å². The van der Waals surface area contributed by atoms with E-state index in [1.165, 1.54) is 6.21 Å². The summed E-state index contributed by atoms with van der Waals surface area (Å²) in [5, 5.41) is 5.19. The number of benzene rings is 2. The van der Waals surface area contributed by atoms with E-state index < -0.39 is 0 Å². The van der Waals surface area contributed by atoms with Crippen molar-refractivity contribution in [1.82, 2.24) is 10.4 Å². The first kappa shape index (κ1) is 18.4. The molecule has 0 fully saturated rings. The molecule has 0 unspecified atom stereocenters. The fourth-order valence-electron chi connectivity index (χ4n) is 2.27. The minimum atomic E-state index is -0.373. The summed E-state index contributed by atoms with van der Waals surface area (Å²) in [5.41, 5.74) is 4.96. The number of nitrogens with one attached hydrogen (secondary N) is 1. The molecule has 0 aliphatic carbocycles. The highest BCUT2D eigenvalue weighted by atomic mass is 79.9. The molecule has 1 N–H and O–H groups in total. The second-order valence-electron chi connectivity index (χ2n) is 5.60. The van der Waals surface area contributed by atoms with Crippen LogP contribution in [-0.2, 0) is 4.79 Å². The number of hydrogen-bond donors (Lipinski definition) is 1. The number of hydrazone groups is 1. The first-order valence-corrected chi connectivity index (χ1v) is 8.95. The maximum Gasteiger partial charge on any atom is 0.277 e. The van der Waals surface area contributed by atoms with Gasteiger partial charge >= 0.3 is 0 Å². The summed E-state index contributed by atoms with van der Waals surface area (Å²) in [6, 6.07) is 15.0. The van der Waals surface area contributed by atoms with Gasteiger partial charge < -0.3 is 4.74 Å². The summed E-state index contributed by atoms with van der Waals surface area (Å²) in [4.78, 5) is 16.2. The number of pyridine rings is 1. The van der Waals surface area contributed by atoms with E-state index in [2.05, 4.69) is 31.4 Å². The predicted octanol–water partition coefficient (Wildman–Crippen LogP) is 4.49. The van der Waals surface area contributed by atoms with Crippen molar-refractivity contribution in [2.75, 3.05) is 6.61 Å². The van der Waals surface area contributed by atoms with Crippen molar-refractivity contribution in [2.45, 2.75) is 6.92 Å². The zero-order valence-electron chi connectivity index (χ0n) is 13.9. The molecule has 0 atom stereocenters. The van der Waals surface area contributed by atoms with Crippen LogP contribution in [0.3, 0.4) is 0 Å². The van der Waals surface area contributed by atoms with Crippen molar-refractivity contribution < 1.29 is 9.53 Å². The lowest BCUT2D eigenvalue weighted by atomic mass is 10.1. The minimum absolute atomic E-state index is 0.142. The van der Waals surface area contributed by atoms with E-state index in [9.17, 15) is 4.79 Å². The summed E-state index contributed by atoms with van der Waals surface area (Å²) in [6.45, 7) is 1.85. The molecule has 2 aromatic carbocycles. The van der Waals surface area contributed by atoms with Gasteiger partial charge in [-0.1, -0.05) is 45.7 Å². The Morgan fingerprint density at radius 1 is 1.31 bits per heavy atom. The van der Waals surface area contributed by atoms with Crippen molar-refractivity contribution in [3.05, 3.63) is 69.3 Å². The molecule has 0 aliphatic rings. The zero-order chi connectivity index (χ0) is 18.5. The fraction of sp³-hybridized carbons (Fsp3) is 0.105. The molecule has 1 amide bonds. The van der Waals surface area contributed by atoms with Crippen LogP contribution in [0, 0.1) is 6.92 Å². The number of rotatable bonds is 5. The number of amides is 1. The van der Waals surface area contributed by atoms with Crippen LogP contribution in [0.1, 0.15) is 11.1 Å². The molecule has 1 heterocycles. The summed E-state index contributed by atoms with van der Waals surface area (Å²) >= 11 is 9.52. The van der Waals surface area contributed by atoms with Crippen LogP contribution < -0.4 is 10.2 Å². The normalized spacial score (nSPS) is 11.0. The van der Waals surface area contributed by atoms with E-state index in [-0.39, 0.29) is 12.5 Å². The number of halogens is 2. The van der Waals surface area contributed by atoms with Gasteiger partial charge in [-0.25, -0.2) is 10.4 Å². The van der Waals surface area contributed by atoms with Crippen LogP contribution >= 0.6 is 27.5 Å². The predicted molar refractivity (Wildman–Crippen MR) is 107 cm³/mol. The van der Waals surface area contributed by atoms with E-state index in [1.807, 2.05) is 43.3 Å². The monoisotopic (exact) mass is 431 g/mol. The summed E-state index contributed by atoms with van der Waals surface area (Å²) in [7, 11) is 0. The van der Waals surface area contributed by atoms with Gasteiger partial charge in [-0.3, -0.25) is 4.79 Å². The van der Waals surface area contributed by atoms with Crippen LogP contribution in [-0.4, -0.2) is 23.7 Å². The number of aromatic nitrogens is 1. The molecule has 0 bridgehead atoms. The molecule has 0 saturated carbocycles. The average molecular weight is 433 g/mol. The molecule has 3 rings (SSSR count). The van der Waals surface area contributed by atoms with Gasteiger partial charge in [0.1, 0.15) is 10.9 Å². The van der Waals surface area contributed by atoms with Crippen LogP contribution in [0.25, 0.3) is 10.9 Å². The van der Waals surface area contributed by atoms with Crippen molar-refractivity contribution in [3.8, 4) is 5.75 Å². The molecule has 1 aromatic heterocycles. The molecular weight excluding hydrogens is 418 g/mol. The fourth-order valence-corrected chi connectivity index (χ4v) is 2.84. The van der Waals surface area contributed by atoms with Gasteiger partial charge in [-0.2, -0.15) is 5.10 Å². The first-order valence-electron chi connectivity index (χ1n) is 7.78. The summed E-state index contributed by atoms with van der Waals surface area (Å²) in [5.74, 6) is 0.220. The second-order valence-corrected chi connectivity index (χ2v) is 6.88. The molecule has 3 aromatic rings. The molecule has 26 heavy (non-hydrogen) atoms. The highest BCUT2D eigenvalue weighted by Gasteiger charge is 2.05. The van der Waals surface area contributed by atoms with Crippen molar-refractivity contribution in [3.63, 3.8) is 0 Å². The number of carbonyl (C=O) groups excluding carboxylic acids is 1. The lowest BCUT2D eigenvalue weighted by molar-refractivity contribution is -0.123. The van der Waals surface area contributed by atoms with E-state index in [0.717, 1.165) is 20.9 Å². The Hall–Kier alpha value is -2.44. The van der Waals surface area contributed by atoms with Gasteiger partial charge in [0, 0.05) is 15.4 Å². The largest absolute Gasteiger partial charge is 0.484 e. The number of ether oxygens (including phenoxy) is 1. The molecule has 0 spiro atoms. The summed E-state index contributed by atoms with van der Waals surface area (Å²) < 4.78 is 6.27. The Labute approximate surface area is 164 Å². The van der Waals surface area contributed by atoms with E-state index >= 15 is 0 Å². The zero-order valence-corrected chi connectivity index (χ0v) is 16.2. The summed E-state index contributed by atoms with van der Waals surface area (Å²) in [6.07, 6.45) is 1.46. The Kier molecular flexibility index (Phi) is 5.85. The van der Waals surface area contributed by atoms with E-state index in [0.29, 0.717) is 16.5 Å². The minimum Gasteiger partial charge on any atom is -0.484 e. The molecule has 5 nitrogen and oxygen atoms in total. The number of hydrogen-bond acceptors (Lipinski definition) is 4. The number of fused-ring (bicyclic) bond motifs is 1. The van der Waals surface area contributed by atoms with Crippen molar-refractivity contribution in [2.24, 2.45) is 5.10 Å². The Morgan fingerprint density at radius 3 is 2.96 bits per heavy atom. The maximum atomic E-state index is 11.8. The van der Waals surface area contributed by atoms with E-state index in [1.54, 1.807) is 12.1 Å². The van der Waals surface area contributed by atoms with Gasteiger partial charge in [0.25, 0.3) is 5.91 Å². The molecule has 132 valence electrons. The molecule has 7 heteroatoms. The van der Waals surface area contributed by atoms with E-state index in [4.69, 9.17) is 16.3 Å². The third kappa shape index (κ3) is 4.80. The molecule has 0 radical (unpaired) electrons. The van der Waals surface area contributed by atoms with Gasteiger partial charge in [-0.05, 0) is 42.8 Å². The average Bonchev–Trinajstić information content (AvgIpc) is 2.60. The SMILES string of the molecule is Cc1ccc2cc(/C=N/NC(=O)COc3cccc(Br)c3)c(Cl)nc2c1. The topological polar surface area (TPSA) is 63.6 Å². The number of nitrogens with zero attached hydrogens (tertiary/aromatic N) is 2.